The molecule has 0 spiro atoms. The molecule has 1 N–H and O–H groups in total. The van der Waals surface area contributed by atoms with Crippen LogP contribution in [0.1, 0.15) is 23.1 Å². The quantitative estimate of drug-likeness (QED) is 0.842. The molecule has 3 amide bonds. The highest BCUT2D eigenvalue weighted by molar-refractivity contribution is 5.88. The lowest BCUT2D eigenvalue weighted by molar-refractivity contribution is -0.136. The Kier molecular flexibility index (Phi) is 5.88. The maximum Gasteiger partial charge on any atom is 0.318 e. The molecule has 0 aliphatic carbocycles. The van der Waals surface area contributed by atoms with E-state index in [1.54, 1.807) is 12.0 Å². The number of fused-ring (bicyclic) bond motifs is 1. The Morgan fingerprint density at radius 3 is 2.60 bits per heavy atom. The summed E-state index contributed by atoms with van der Waals surface area (Å²) in [5, 5.41) is 2.81. The van der Waals surface area contributed by atoms with E-state index in [0.29, 0.717) is 19.6 Å². The van der Waals surface area contributed by atoms with Crippen LogP contribution in [0.25, 0.3) is 0 Å². The Labute approximate surface area is 175 Å². The number of hydrogen-bond acceptors (Lipinski definition) is 3. The van der Waals surface area contributed by atoms with Crippen molar-refractivity contribution >= 4 is 11.9 Å². The molecule has 2 aromatic rings. The molecule has 2 aliphatic heterocycles. The van der Waals surface area contributed by atoms with Crippen LogP contribution in [0.4, 0.5) is 9.18 Å². The largest absolute Gasteiger partial charge is 0.497 e. The molecule has 7 heteroatoms. The molecule has 2 aliphatic rings. The van der Waals surface area contributed by atoms with Gasteiger partial charge in [-0.25, -0.2) is 9.18 Å². The number of nitrogens with zero attached hydrogens (tertiary/aromatic N) is 2. The number of likely N-dealkylation sites (tertiary alicyclic amines) is 1. The van der Waals surface area contributed by atoms with Gasteiger partial charge in [0.1, 0.15) is 18.0 Å². The number of carbonyl (C=O) groups excluding carboxylic acids is 2. The topological polar surface area (TPSA) is 61.9 Å². The molecule has 4 rings (SSSR count). The average molecular weight is 411 g/mol. The Bertz CT molecular complexity index is 918. The van der Waals surface area contributed by atoms with Crippen LogP contribution in [0.3, 0.4) is 0 Å². The Morgan fingerprint density at radius 1 is 1.13 bits per heavy atom. The van der Waals surface area contributed by atoms with E-state index in [4.69, 9.17) is 4.74 Å². The van der Waals surface area contributed by atoms with Gasteiger partial charge in [-0.1, -0.05) is 36.4 Å². The number of urea groups is 1. The van der Waals surface area contributed by atoms with Gasteiger partial charge < -0.3 is 19.9 Å². The lowest BCUT2D eigenvalue weighted by Gasteiger charge is -2.33. The molecule has 1 saturated heterocycles. The minimum Gasteiger partial charge on any atom is -0.497 e. The zero-order chi connectivity index (χ0) is 21.1. The molecule has 0 aromatic heterocycles. The van der Waals surface area contributed by atoms with E-state index in [0.717, 1.165) is 23.3 Å². The molecule has 1 fully saturated rings. The number of nitrogens with one attached hydrogen (secondary N) is 1. The summed E-state index contributed by atoms with van der Waals surface area (Å²) in [6.45, 7) is 1.33. The third-order valence-electron chi connectivity index (χ3n) is 5.84. The van der Waals surface area contributed by atoms with E-state index >= 15 is 0 Å². The molecular weight excluding hydrogens is 385 g/mol. The fourth-order valence-corrected chi connectivity index (χ4v) is 4.16. The summed E-state index contributed by atoms with van der Waals surface area (Å²) in [5.41, 5.74) is 3.25. The number of rotatable bonds is 4. The van der Waals surface area contributed by atoms with Crippen molar-refractivity contribution in [2.75, 3.05) is 20.2 Å². The first-order valence-corrected chi connectivity index (χ1v) is 10.2. The molecule has 158 valence electrons. The maximum absolute atomic E-state index is 14.2. The predicted molar refractivity (Wildman–Crippen MR) is 111 cm³/mol. The van der Waals surface area contributed by atoms with Crippen LogP contribution in [0.2, 0.25) is 0 Å². The predicted octanol–water partition coefficient (Wildman–Crippen LogP) is 2.90. The van der Waals surface area contributed by atoms with Gasteiger partial charge in [0, 0.05) is 26.1 Å². The van der Waals surface area contributed by atoms with Gasteiger partial charge >= 0.3 is 6.03 Å². The number of halogens is 1. The lowest BCUT2D eigenvalue weighted by atomic mass is 9.99. The first-order chi connectivity index (χ1) is 14.5. The van der Waals surface area contributed by atoms with Gasteiger partial charge in [-0.05, 0) is 35.2 Å². The van der Waals surface area contributed by atoms with Crippen LogP contribution < -0.4 is 10.1 Å². The average Bonchev–Trinajstić information content (AvgIpc) is 3.18. The Hall–Kier alpha value is -3.09. The minimum absolute atomic E-state index is 0.0485. The molecule has 0 bridgehead atoms. The molecular formula is C23H26FN3O3. The molecule has 6 nitrogen and oxygen atoms in total. The van der Waals surface area contributed by atoms with E-state index < -0.39 is 18.2 Å². The summed E-state index contributed by atoms with van der Waals surface area (Å²) >= 11 is 0. The summed E-state index contributed by atoms with van der Waals surface area (Å²) in [4.78, 5) is 29.0. The van der Waals surface area contributed by atoms with Crippen LogP contribution in [-0.4, -0.2) is 54.2 Å². The van der Waals surface area contributed by atoms with Gasteiger partial charge in [-0.3, -0.25) is 4.79 Å². The summed E-state index contributed by atoms with van der Waals surface area (Å²) in [6, 6.07) is 14.2. The standard InChI is InChI=1S/C23H26FN3O3/c1-30-20-8-6-16(7-9-20)13-25-23(29)27-15-19(24)12-21(27)22(28)26-11-10-17-4-2-3-5-18(17)14-26/h2-9,19,21H,10-15H2,1H3,(H,25,29)/t19-,21-/m0/s1. The molecule has 0 radical (unpaired) electrons. The van der Waals surface area contributed by atoms with Crippen molar-refractivity contribution in [3.05, 3.63) is 65.2 Å². The van der Waals surface area contributed by atoms with Gasteiger partial charge in [0.05, 0.1) is 13.7 Å². The van der Waals surface area contributed by atoms with Crippen molar-refractivity contribution in [1.82, 2.24) is 15.1 Å². The van der Waals surface area contributed by atoms with Crippen LogP contribution >= 0.6 is 0 Å². The highest BCUT2D eigenvalue weighted by atomic mass is 19.1. The molecule has 30 heavy (non-hydrogen) atoms. The molecule has 2 heterocycles. The molecule has 2 atom stereocenters. The summed E-state index contributed by atoms with van der Waals surface area (Å²) in [7, 11) is 1.59. The zero-order valence-corrected chi connectivity index (χ0v) is 17.0. The number of amides is 3. The van der Waals surface area contributed by atoms with E-state index in [1.807, 2.05) is 42.5 Å². The summed E-state index contributed by atoms with van der Waals surface area (Å²) in [5.74, 6) is 0.558. The van der Waals surface area contributed by atoms with Gasteiger partial charge in [0.2, 0.25) is 5.91 Å². The van der Waals surface area contributed by atoms with Gasteiger partial charge in [-0.15, -0.1) is 0 Å². The molecule has 0 saturated carbocycles. The van der Waals surface area contributed by atoms with Crippen molar-refractivity contribution in [3.8, 4) is 5.75 Å². The number of hydrogen-bond donors (Lipinski definition) is 1. The van der Waals surface area contributed by atoms with Gasteiger partial charge in [0.15, 0.2) is 0 Å². The van der Waals surface area contributed by atoms with Crippen molar-refractivity contribution in [2.45, 2.75) is 38.1 Å². The first-order valence-electron chi connectivity index (χ1n) is 10.2. The third-order valence-corrected chi connectivity index (χ3v) is 5.84. The van der Waals surface area contributed by atoms with E-state index in [1.165, 1.54) is 10.5 Å². The second kappa shape index (κ2) is 8.73. The first kappa shape index (κ1) is 20.2. The monoisotopic (exact) mass is 411 g/mol. The highest BCUT2D eigenvalue weighted by Crippen LogP contribution is 2.26. The third kappa shape index (κ3) is 4.25. The van der Waals surface area contributed by atoms with Crippen LogP contribution in [-0.2, 0) is 24.3 Å². The van der Waals surface area contributed by atoms with Crippen LogP contribution in [0.15, 0.2) is 48.5 Å². The SMILES string of the molecule is COc1ccc(CNC(=O)N2C[C@@H](F)C[C@H]2C(=O)N2CCc3ccccc3C2)cc1. The number of ether oxygens (including phenoxy) is 1. The van der Waals surface area contributed by atoms with Gasteiger partial charge in [0.25, 0.3) is 0 Å². The van der Waals surface area contributed by atoms with E-state index in [-0.39, 0.29) is 18.9 Å². The van der Waals surface area contributed by atoms with Crippen LogP contribution in [0.5, 0.6) is 5.75 Å². The van der Waals surface area contributed by atoms with Crippen LogP contribution in [0, 0.1) is 0 Å². The van der Waals surface area contributed by atoms with E-state index in [2.05, 4.69) is 11.4 Å². The Balaban J connectivity index is 1.40. The second-order valence-electron chi connectivity index (χ2n) is 7.79. The summed E-state index contributed by atoms with van der Waals surface area (Å²) in [6.07, 6.45) is -0.368. The number of methoxy groups -OCH3 is 1. The van der Waals surface area contributed by atoms with Crippen molar-refractivity contribution in [3.63, 3.8) is 0 Å². The molecule has 0 unspecified atom stereocenters. The lowest BCUT2D eigenvalue weighted by Crippen LogP contribution is -2.51. The van der Waals surface area contributed by atoms with Crippen molar-refractivity contribution in [2.24, 2.45) is 0 Å². The second-order valence-corrected chi connectivity index (χ2v) is 7.79. The van der Waals surface area contributed by atoms with Gasteiger partial charge in [-0.2, -0.15) is 0 Å². The van der Waals surface area contributed by atoms with Crippen molar-refractivity contribution < 1.29 is 18.7 Å². The highest BCUT2D eigenvalue weighted by Gasteiger charge is 2.42. The number of alkyl halides is 1. The fourth-order valence-electron chi connectivity index (χ4n) is 4.16. The number of benzene rings is 2. The molecule has 2 aromatic carbocycles. The fraction of sp³-hybridized carbons (Fsp3) is 0.391. The zero-order valence-electron chi connectivity index (χ0n) is 17.0. The normalized spacial score (nSPS) is 20.6. The van der Waals surface area contributed by atoms with E-state index in [9.17, 15) is 14.0 Å². The number of carbonyl (C=O) groups is 2. The Morgan fingerprint density at radius 2 is 1.87 bits per heavy atom. The maximum atomic E-state index is 14.2. The smallest absolute Gasteiger partial charge is 0.318 e. The minimum atomic E-state index is -1.19. The summed E-state index contributed by atoms with van der Waals surface area (Å²) < 4.78 is 19.3. The van der Waals surface area contributed by atoms with Crippen molar-refractivity contribution in [1.29, 1.82) is 0 Å².